The van der Waals surface area contributed by atoms with E-state index in [4.69, 9.17) is 4.74 Å². The summed E-state index contributed by atoms with van der Waals surface area (Å²) >= 11 is 1.45. The monoisotopic (exact) mass is 500 g/mol. The second-order valence-corrected chi connectivity index (χ2v) is 11.2. The molecule has 6 nitrogen and oxygen atoms in total. The number of carboxylic acid groups (broad SMARTS) is 1. The Morgan fingerprint density at radius 2 is 1.67 bits per heavy atom. The molecule has 1 amide bonds. The van der Waals surface area contributed by atoms with Gasteiger partial charge in [0.1, 0.15) is 12.6 Å². The maximum absolute atomic E-state index is 12.6. The van der Waals surface area contributed by atoms with Gasteiger partial charge in [-0.2, -0.15) is 0 Å². The number of amides is 1. The average Bonchev–Trinajstić information content (AvgIpc) is 3.39. The first kappa shape index (κ1) is 24.0. The molecule has 3 aromatic carbocycles. The van der Waals surface area contributed by atoms with E-state index in [0.717, 1.165) is 32.5 Å². The summed E-state index contributed by atoms with van der Waals surface area (Å²) in [4.78, 5) is 29.2. The van der Waals surface area contributed by atoms with Gasteiger partial charge in [-0.3, -0.25) is 0 Å². The third-order valence-electron chi connectivity index (χ3n) is 6.61. The van der Waals surface area contributed by atoms with Gasteiger partial charge in [0.05, 0.1) is 15.2 Å². The standard InChI is InChI=1S/C29H28N2O4S/c1-29(2,3)17-12-13-23-25(14-17)36-26(30-23)15-24(27(32)33)31-28(34)35-16-22-20-10-6-4-8-18(20)19-9-5-7-11-21(19)22/h4-14,22,24H,15-16H2,1-3H3,(H,31,34)(H,32,33)/t24-/m0/s1. The molecular formula is C29H28N2O4S. The molecule has 0 fully saturated rings. The highest BCUT2D eigenvalue weighted by Crippen LogP contribution is 2.44. The van der Waals surface area contributed by atoms with Crippen LogP contribution in [-0.2, 0) is 21.4 Å². The van der Waals surface area contributed by atoms with Gasteiger partial charge in [0.2, 0.25) is 0 Å². The van der Waals surface area contributed by atoms with Gasteiger partial charge in [-0.25, -0.2) is 14.6 Å². The van der Waals surface area contributed by atoms with Crippen LogP contribution in [0.25, 0.3) is 21.3 Å². The molecule has 4 aromatic rings. The highest BCUT2D eigenvalue weighted by atomic mass is 32.1. The molecule has 1 aromatic heterocycles. The second kappa shape index (κ2) is 9.39. The molecule has 0 saturated carbocycles. The van der Waals surface area contributed by atoms with Crippen molar-refractivity contribution in [3.63, 3.8) is 0 Å². The lowest BCUT2D eigenvalue weighted by Crippen LogP contribution is -2.42. The van der Waals surface area contributed by atoms with E-state index in [1.807, 2.05) is 42.5 Å². The summed E-state index contributed by atoms with van der Waals surface area (Å²) in [7, 11) is 0. The lowest BCUT2D eigenvalue weighted by Gasteiger charge is -2.18. The highest BCUT2D eigenvalue weighted by Gasteiger charge is 2.30. The van der Waals surface area contributed by atoms with Crippen molar-refractivity contribution in [1.29, 1.82) is 0 Å². The SMILES string of the molecule is CC(C)(C)c1ccc2nc(C[C@H](NC(=O)OCC3c4ccccc4-c4ccccc43)C(=O)O)sc2c1. The number of hydrogen-bond acceptors (Lipinski definition) is 5. The van der Waals surface area contributed by atoms with Crippen LogP contribution < -0.4 is 5.32 Å². The Labute approximate surface area is 214 Å². The van der Waals surface area contributed by atoms with Crippen LogP contribution in [0.15, 0.2) is 66.7 Å². The fourth-order valence-electron chi connectivity index (χ4n) is 4.68. The lowest BCUT2D eigenvalue weighted by molar-refractivity contribution is -0.139. The number of nitrogens with one attached hydrogen (secondary N) is 1. The van der Waals surface area contributed by atoms with Gasteiger partial charge in [-0.05, 0) is 45.4 Å². The zero-order valence-corrected chi connectivity index (χ0v) is 21.3. The van der Waals surface area contributed by atoms with E-state index in [2.05, 4.69) is 55.3 Å². The molecule has 1 atom stereocenters. The van der Waals surface area contributed by atoms with Crippen molar-refractivity contribution in [2.45, 2.75) is 44.6 Å². The molecule has 2 N–H and O–H groups in total. The number of aliphatic carboxylic acids is 1. The third kappa shape index (κ3) is 4.71. The number of aromatic nitrogens is 1. The average molecular weight is 501 g/mol. The molecule has 1 aliphatic carbocycles. The fraction of sp³-hybridized carbons (Fsp3) is 0.276. The van der Waals surface area contributed by atoms with Gasteiger partial charge in [-0.15, -0.1) is 11.3 Å². The van der Waals surface area contributed by atoms with Gasteiger partial charge in [0.15, 0.2) is 0 Å². The molecule has 0 aliphatic heterocycles. The van der Waals surface area contributed by atoms with Crippen molar-refractivity contribution in [2.75, 3.05) is 6.61 Å². The fourth-order valence-corrected chi connectivity index (χ4v) is 5.74. The minimum absolute atomic E-state index is 0.00754. The summed E-state index contributed by atoms with van der Waals surface area (Å²) in [5.41, 5.74) is 6.50. The summed E-state index contributed by atoms with van der Waals surface area (Å²) in [5.74, 6) is -1.22. The smallest absolute Gasteiger partial charge is 0.407 e. The number of nitrogens with zero attached hydrogens (tertiary/aromatic N) is 1. The second-order valence-electron chi connectivity index (χ2n) is 10.1. The van der Waals surface area contributed by atoms with Gasteiger partial charge in [-0.1, -0.05) is 75.4 Å². The summed E-state index contributed by atoms with van der Waals surface area (Å²) < 4.78 is 6.54. The highest BCUT2D eigenvalue weighted by molar-refractivity contribution is 7.18. The normalized spacial score (nSPS) is 13.8. The number of carbonyl (C=O) groups excluding carboxylic acids is 1. The van der Waals surface area contributed by atoms with Crippen LogP contribution in [0.2, 0.25) is 0 Å². The summed E-state index contributed by atoms with van der Waals surface area (Å²) in [6.07, 6.45) is -0.663. The van der Waals surface area contributed by atoms with Gasteiger partial charge in [0, 0.05) is 12.3 Å². The summed E-state index contributed by atoms with van der Waals surface area (Å²) in [6, 6.07) is 21.1. The molecule has 1 aliphatic rings. The number of carbonyl (C=O) groups is 2. The molecule has 1 heterocycles. The molecule has 0 spiro atoms. The quantitative estimate of drug-likeness (QED) is 0.333. The number of rotatable bonds is 6. The molecular weight excluding hydrogens is 472 g/mol. The number of benzene rings is 3. The Balaban J connectivity index is 1.27. The molecule has 36 heavy (non-hydrogen) atoms. The van der Waals surface area contributed by atoms with E-state index in [1.165, 1.54) is 16.9 Å². The van der Waals surface area contributed by atoms with Crippen molar-refractivity contribution in [2.24, 2.45) is 0 Å². The minimum Gasteiger partial charge on any atom is -0.480 e. The van der Waals surface area contributed by atoms with E-state index in [0.29, 0.717) is 5.01 Å². The molecule has 0 radical (unpaired) electrons. The number of thiazole rings is 1. The largest absolute Gasteiger partial charge is 0.480 e. The first-order valence-electron chi connectivity index (χ1n) is 11.9. The van der Waals surface area contributed by atoms with Crippen molar-refractivity contribution in [3.05, 3.63) is 88.4 Å². The predicted molar refractivity (Wildman–Crippen MR) is 142 cm³/mol. The zero-order chi connectivity index (χ0) is 25.4. The van der Waals surface area contributed by atoms with E-state index >= 15 is 0 Å². The number of ether oxygens (including phenoxy) is 1. The molecule has 7 heteroatoms. The maximum atomic E-state index is 12.6. The van der Waals surface area contributed by atoms with Crippen LogP contribution in [0.1, 0.15) is 48.4 Å². The van der Waals surface area contributed by atoms with E-state index < -0.39 is 18.1 Å². The van der Waals surface area contributed by atoms with Crippen molar-refractivity contribution >= 4 is 33.6 Å². The van der Waals surface area contributed by atoms with E-state index in [1.54, 1.807) is 0 Å². The van der Waals surface area contributed by atoms with Crippen molar-refractivity contribution < 1.29 is 19.4 Å². The molecule has 0 bridgehead atoms. The summed E-state index contributed by atoms with van der Waals surface area (Å²) in [5, 5.41) is 12.9. The van der Waals surface area contributed by atoms with Crippen LogP contribution >= 0.6 is 11.3 Å². The van der Waals surface area contributed by atoms with E-state index in [-0.39, 0.29) is 24.4 Å². The predicted octanol–water partition coefficient (Wildman–Crippen LogP) is 6.13. The number of fused-ring (bicyclic) bond motifs is 4. The first-order chi connectivity index (χ1) is 17.2. The van der Waals surface area contributed by atoms with Crippen LogP contribution in [0, 0.1) is 0 Å². The Morgan fingerprint density at radius 3 is 2.28 bits per heavy atom. The Morgan fingerprint density at radius 1 is 1.03 bits per heavy atom. The zero-order valence-electron chi connectivity index (χ0n) is 20.4. The maximum Gasteiger partial charge on any atom is 0.407 e. The Kier molecular flexibility index (Phi) is 6.26. The van der Waals surface area contributed by atoms with Gasteiger partial charge < -0.3 is 15.2 Å². The Bertz CT molecular complexity index is 1410. The minimum atomic E-state index is -1.14. The third-order valence-corrected chi connectivity index (χ3v) is 7.65. The first-order valence-corrected chi connectivity index (χ1v) is 12.8. The van der Waals surface area contributed by atoms with Crippen molar-refractivity contribution in [1.82, 2.24) is 10.3 Å². The van der Waals surface area contributed by atoms with Crippen LogP contribution in [0.3, 0.4) is 0 Å². The molecule has 184 valence electrons. The topological polar surface area (TPSA) is 88.5 Å². The van der Waals surface area contributed by atoms with E-state index in [9.17, 15) is 14.7 Å². The molecule has 5 rings (SSSR count). The number of alkyl carbamates (subject to hydrolysis) is 1. The number of carboxylic acids is 1. The molecule has 0 saturated heterocycles. The van der Waals surface area contributed by atoms with Crippen LogP contribution in [0.5, 0.6) is 0 Å². The van der Waals surface area contributed by atoms with Crippen LogP contribution in [-0.4, -0.2) is 34.8 Å². The molecule has 0 unspecified atom stereocenters. The summed E-state index contributed by atoms with van der Waals surface area (Å²) in [6.45, 7) is 6.57. The van der Waals surface area contributed by atoms with Crippen molar-refractivity contribution in [3.8, 4) is 11.1 Å². The lowest BCUT2D eigenvalue weighted by atomic mass is 9.87. The Hall–Kier alpha value is -3.71. The van der Waals surface area contributed by atoms with Gasteiger partial charge >= 0.3 is 12.1 Å². The van der Waals surface area contributed by atoms with Gasteiger partial charge in [0.25, 0.3) is 0 Å². The van der Waals surface area contributed by atoms with Crippen LogP contribution in [0.4, 0.5) is 4.79 Å². The number of hydrogen-bond donors (Lipinski definition) is 2.